The van der Waals surface area contributed by atoms with Crippen LogP contribution in [0, 0.1) is 6.92 Å². The molecule has 1 N–H and O–H groups in total. The van der Waals surface area contributed by atoms with E-state index in [4.69, 9.17) is 16.3 Å². The highest BCUT2D eigenvalue weighted by atomic mass is 35.5. The van der Waals surface area contributed by atoms with E-state index < -0.39 is 6.04 Å². The zero-order valence-corrected chi connectivity index (χ0v) is 19.7. The van der Waals surface area contributed by atoms with Gasteiger partial charge in [-0.1, -0.05) is 77.8 Å². The van der Waals surface area contributed by atoms with Gasteiger partial charge in [0, 0.05) is 24.5 Å². The van der Waals surface area contributed by atoms with Crippen LogP contribution in [0.3, 0.4) is 0 Å². The lowest BCUT2D eigenvalue weighted by Crippen LogP contribution is -2.51. The number of rotatable bonds is 10. The van der Waals surface area contributed by atoms with Gasteiger partial charge in [-0.15, -0.1) is 0 Å². The number of ether oxygens (including phenoxy) is 1. The first-order valence-electron chi connectivity index (χ1n) is 11.0. The van der Waals surface area contributed by atoms with E-state index in [2.05, 4.69) is 5.32 Å². The summed E-state index contributed by atoms with van der Waals surface area (Å²) in [5.41, 5.74) is 2.84. The Morgan fingerprint density at radius 1 is 0.970 bits per heavy atom. The summed E-state index contributed by atoms with van der Waals surface area (Å²) in [5, 5.41) is 3.42. The summed E-state index contributed by atoms with van der Waals surface area (Å²) in [7, 11) is 0. The maximum atomic E-state index is 13.4. The van der Waals surface area contributed by atoms with Crippen LogP contribution in [0.15, 0.2) is 78.9 Å². The molecule has 3 aromatic rings. The standard InChI is InChI=1S/C27H29ClN2O3/c1-3-29-27(32)25(17-21-9-5-4-6-10-21)30(18-22-11-7-8-12-24(22)28)26(31)19-33-23-15-13-20(2)14-16-23/h4-16,25H,3,17-19H2,1-2H3,(H,29,32)/t25-/m0/s1. The first-order valence-corrected chi connectivity index (χ1v) is 11.4. The maximum Gasteiger partial charge on any atom is 0.261 e. The van der Waals surface area contributed by atoms with Gasteiger partial charge >= 0.3 is 0 Å². The molecular weight excluding hydrogens is 436 g/mol. The molecule has 0 aliphatic carbocycles. The molecule has 0 radical (unpaired) electrons. The minimum absolute atomic E-state index is 0.182. The largest absolute Gasteiger partial charge is 0.484 e. The topological polar surface area (TPSA) is 58.6 Å². The summed E-state index contributed by atoms with van der Waals surface area (Å²) in [5.74, 6) is 0.101. The van der Waals surface area contributed by atoms with Crippen molar-refractivity contribution in [1.82, 2.24) is 10.2 Å². The smallest absolute Gasteiger partial charge is 0.261 e. The summed E-state index contributed by atoms with van der Waals surface area (Å²) in [6.07, 6.45) is 0.382. The second-order valence-electron chi connectivity index (χ2n) is 7.81. The lowest BCUT2D eigenvalue weighted by Gasteiger charge is -2.31. The highest BCUT2D eigenvalue weighted by Gasteiger charge is 2.30. The van der Waals surface area contributed by atoms with E-state index in [1.54, 1.807) is 11.0 Å². The number of likely N-dealkylation sites (N-methyl/N-ethyl adjacent to an activating group) is 1. The number of amides is 2. The first kappa shape index (κ1) is 24.3. The molecule has 0 aromatic heterocycles. The molecule has 0 aliphatic heterocycles. The summed E-state index contributed by atoms with van der Waals surface area (Å²) < 4.78 is 5.76. The summed E-state index contributed by atoms with van der Waals surface area (Å²) in [6, 6.07) is 23.8. The number of aryl methyl sites for hydroxylation is 1. The number of carbonyl (C=O) groups excluding carboxylic acids is 2. The molecule has 0 aliphatic rings. The number of hydrogen-bond acceptors (Lipinski definition) is 3. The molecule has 0 saturated carbocycles. The van der Waals surface area contributed by atoms with E-state index in [9.17, 15) is 9.59 Å². The number of halogens is 1. The van der Waals surface area contributed by atoms with Crippen LogP contribution in [0.25, 0.3) is 0 Å². The average Bonchev–Trinajstić information content (AvgIpc) is 2.82. The van der Waals surface area contributed by atoms with Crippen LogP contribution >= 0.6 is 11.6 Å². The van der Waals surface area contributed by atoms with Crippen LogP contribution in [-0.4, -0.2) is 35.9 Å². The van der Waals surface area contributed by atoms with Crippen molar-refractivity contribution in [3.63, 3.8) is 0 Å². The molecule has 6 heteroatoms. The second kappa shape index (κ2) is 12.1. The predicted molar refractivity (Wildman–Crippen MR) is 131 cm³/mol. The molecule has 0 saturated heterocycles. The van der Waals surface area contributed by atoms with Gasteiger partial charge in [0.05, 0.1) is 0 Å². The van der Waals surface area contributed by atoms with Crippen molar-refractivity contribution in [2.24, 2.45) is 0 Å². The summed E-state index contributed by atoms with van der Waals surface area (Å²) in [4.78, 5) is 28.1. The SMILES string of the molecule is CCNC(=O)[C@H](Cc1ccccc1)N(Cc1ccccc1Cl)C(=O)COc1ccc(C)cc1. The lowest BCUT2D eigenvalue weighted by molar-refractivity contribution is -0.142. The Bertz CT molecular complexity index is 1050. The van der Waals surface area contributed by atoms with Crippen LogP contribution in [-0.2, 0) is 22.6 Å². The molecule has 1 atom stereocenters. The Balaban J connectivity index is 1.89. The van der Waals surface area contributed by atoms with Gasteiger partial charge in [-0.05, 0) is 43.2 Å². The third-order valence-corrected chi connectivity index (χ3v) is 5.67. The van der Waals surface area contributed by atoms with Crippen molar-refractivity contribution >= 4 is 23.4 Å². The van der Waals surface area contributed by atoms with Gasteiger partial charge in [0.15, 0.2) is 6.61 Å². The number of carbonyl (C=O) groups is 2. The average molecular weight is 465 g/mol. The fraction of sp³-hybridized carbons (Fsp3) is 0.259. The van der Waals surface area contributed by atoms with Crippen LogP contribution < -0.4 is 10.1 Å². The van der Waals surface area contributed by atoms with Gasteiger partial charge in [0.1, 0.15) is 11.8 Å². The van der Waals surface area contributed by atoms with Gasteiger partial charge in [-0.3, -0.25) is 9.59 Å². The van der Waals surface area contributed by atoms with Crippen molar-refractivity contribution in [2.75, 3.05) is 13.2 Å². The molecule has 33 heavy (non-hydrogen) atoms. The van der Waals surface area contributed by atoms with Crippen molar-refractivity contribution < 1.29 is 14.3 Å². The number of benzene rings is 3. The fourth-order valence-electron chi connectivity index (χ4n) is 3.52. The van der Waals surface area contributed by atoms with E-state index in [0.29, 0.717) is 23.7 Å². The fourth-order valence-corrected chi connectivity index (χ4v) is 3.71. The van der Waals surface area contributed by atoms with Gasteiger partial charge in [-0.2, -0.15) is 0 Å². The first-order chi connectivity index (χ1) is 16.0. The minimum Gasteiger partial charge on any atom is -0.484 e. The normalized spacial score (nSPS) is 11.5. The van der Waals surface area contributed by atoms with E-state index in [1.165, 1.54) is 0 Å². The molecule has 3 aromatic carbocycles. The molecule has 0 bridgehead atoms. The Hall–Kier alpha value is -3.31. The van der Waals surface area contributed by atoms with Crippen molar-refractivity contribution in [1.29, 1.82) is 0 Å². The van der Waals surface area contributed by atoms with Gasteiger partial charge in [-0.25, -0.2) is 0 Å². The quantitative estimate of drug-likeness (QED) is 0.468. The summed E-state index contributed by atoms with van der Waals surface area (Å²) in [6.45, 7) is 4.33. The zero-order chi connectivity index (χ0) is 23.6. The highest BCUT2D eigenvalue weighted by Crippen LogP contribution is 2.21. The predicted octanol–water partition coefficient (Wildman–Crippen LogP) is 4.80. The second-order valence-corrected chi connectivity index (χ2v) is 8.22. The molecule has 0 fully saturated rings. The molecular formula is C27H29ClN2O3. The van der Waals surface area contributed by atoms with Gasteiger partial charge in [0.2, 0.25) is 5.91 Å². The number of hydrogen-bond donors (Lipinski definition) is 1. The summed E-state index contributed by atoms with van der Waals surface area (Å²) >= 11 is 6.40. The lowest BCUT2D eigenvalue weighted by atomic mass is 10.0. The molecule has 2 amide bonds. The highest BCUT2D eigenvalue weighted by molar-refractivity contribution is 6.31. The molecule has 172 valence electrons. The van der Waals surface area contributed by atoms with E-state index in [0.717, 1.165) is 16.7 Å². The molecule has 0 heterocycles. The van der Waals surface area contributed by atoms with Crippen LogP contribution in [0.2, 0.25) is 5.02 Å². The molecule has 0 spiro atoms. The van der Waals surface area contributed by atoms with Crippen molar-refractivity contribution in [2.45, 2.75) is 32.9 Å². The molecule has 3 rings (SSSR count). The molecule has 5 nitrogen and oxygen atoms in total. The van der Waals surface area contributed by atoms with Gasteiger partial charge < -0.3 is 15.0 Å². The third kappa shape index (κ3) is 7.09. The van der Waals surface area contributed by atoms with Crippen molar-refractivity contribution in [3.8, 4) is 5.75 Å². The van der Waals surface area contributed by atoms with Crippen LogP contribution in [0.4, 0.5) is 0 Å². The Labute approximate surface area is 200 Å². The maximum absolute atomic E-state index is 13.4. The van der Waals surface area contributed by atoms with E-state index >= 15 is 0 Å². The number of nitrogens with one attached hydrogen (secondary N) is 1. The van der Waals surface area contributed by atoms with Crippen LogP contribution in [0.5, 0.6) is 5.75 Å². The Morgan fingerprint density at radius 2 is 1.64 bits per heavy atom. The third-order valence-electron chi connectivity index (χ3n) is 5.30. The Morgan fingerprint density at radius 3 is 2.30 bits per heavy atom. The Kier molecular flexibility index (Phi) is 8.90. The minimum atomic E-state index is -0.710. The van der Waals surface area contributed by atoms with E-state index in [1.807, 2.05) is 86.6 Å². The molecule has 0 unspecified atom stereocenters. The van der Waals surface area contributed by atoms with Crippen LogP contribution in [0.1, 0.15) is 23.6 Å². The number of nitrogens with zero attached hydrogens (tertiary/aromatic N) is 1. The monoisotopic (exact) mass is 464 g/mol. The van der Waals surface area contributed by atoms with E-state index in [-0.39, 0.29) is 25.0 Å². The zero-order valence-electron chi connectivity index (χ0n) is 19.0. The van der Waals surface area contributed by atoms with Gasteiger partial charge in [0.25, 0.3) is 5.91 Å². The van der Waals surface area contributed by atoms with Crippen molar-refractivity contribution in [3.05, 3.63) is 101 Å².